The van der Waals surface area contributed by atoms with Gasteiger partial charge in [0.2, 0.25) is 0 Å². The van der Waals surface area contributed by atoms with Gasteiger partial charge in [0.05, 0.1) is 5.56 Å². The van der Waals surface area contributed by atoms with Crippen LogP contribution in [0.15, 0.2) is 66.7 Å². The molecular weight excluding hydrogens is 463 g/mol. The number of urea groups is 1. The summed E-state index contributed by atoms with van der Waals surface area (Å²) in [6.07, 6.45) is -3.64. The number of benzene rings is 3. The van der Waals surface area contributed by atoms with Gasteiger partial charge in [-0.3, -0.25) is 0 Å². The van der Waals surface area contributed by atoms with Crippen molar-refractivity contribution in [1.29, 1.82) is 0 Å². The number of hydrogen-bond acceptors (Lipinski definition) is 5. The highest BCUT2D eigenvalue weighted by Gasteiger charge is 2.29. The third kappa shape index (κ3) is 12.5. The Kier molecular flexibility index (Phi) is 13.6. The van der Waals surface area contributed by atoms with Crippen LogP contribution in [0.5, 0.6) is 5.75 Å². The number of halogens is 3. The van der Waals surface area contributed by atoms with E-state index < -0.39 is 17.8 Å². The molecule has 5 N–H and O–H groups in total. The predicted octanol–water partition coefficient (Wildman–Crippen LogP) is 5.96. The molecule has 0 spiro atoms. The van der Waals surface area contributed by atoms with E-state index in [4.69, 9.17) is 20.4 Å². The number of aromatic hydroxyl groups is 1. The number of aldehydes is 1. The molecule has 3 rings (SSSR count). The zero-order chi connectivity index (χ0) is 27.0. The van der Waals surface area contributed by atoms with Gasteiger partial charge in [0.1, 0.15) is 18.8 Å². The van der Waals surface area contributed by atoms with Crippen molar-refractivity contribution in [1.82, 2.24) is 0 Å². The molecule has 188 valence electrons. The second-order valence-corrected chi connectivity index (χ2v) is 6.78. The first-order valence-corrected chi connectivity index (χ1v) is 10.0. The number of nitrogens with two attached hydrogens (primary N) is 1. The number of hydrogen-bond donors (Lipinski definition) is 4. The molecule has 0 saturated carbocycles. The number of alkyl halides is 3. The summed E-state index contributed by atoms with van der Waals surface area (Å²) >= 11 is 0. The van der Waals surface area contributed by atoms with Crippen molar-refractivity contribution in [2.75, 3.05) is 16.4 Å². The number of carbonyl (C=O) groups excluding carboxylic acids is 3. The molecule has 35 heavy (non-hydrogen) atoms. The molecule has 3 aromatic rings. The molecule has 0 aliphatic rings. The first-order chi connectivity index (χ1) is 16.5. The number of phenolic OH excluding ortho intramolecular Hbond substituents is 1. The molecule has 0 fully saturated rings. The normalized spacial score (nSPS) is 9.54. The Morgan fingerprint density at radius 1 is 0.914 bits per heavy atom. The van der Waals surface area contributed by atoms with E-state index in [9.17, 15) is 18.0 Å². The van der Waals surface area contributed by atoms with Gasteiger partial charge in [-0.1, -0.05) is 12.1 Å². The minimum Gasteiger partial charge on any atom is -0.508 e. The number of aryl methyl sites for hydroxylation is 2. The molecular formula is C25H28F3N3O4. The van der Waals surface area contributed by atoms with Crippen LogP contribution < -0.4 is 16.4 Å². The zero-order valence-electron chi connectivity index (χ0n) is 19.5. The largest absolute Gasteiger partial charge is 0.508 e. The number of carbonyl (C=O) groups is 3. The van der Waals surface area contributed by atoms with Gasteiger partial charge in [-0.25, -0.2) is 4.79 Å². The fourth-order valence-corrected chi connectivity index (χ4v) is 2.38. The van der Waals surface area contributed by atoms with Gasteiger partial charge < -0.3 is 31.1 Å². The Morgan fingerprint density at radius 3 is 1.86 bits per heavy atom. The van der Waals surface area contributed by atoms with E-state index in [-0.39, 0.29) is 11.4 Å². The molecule has 0 bridgehead atoms. The second-order valence-electron chi connectivity index (χ2n) is 6.78. The van der Waals surface area contributed by atoms with Crippen LogP contribution >= 0.6 is 0 Å². The van der Waals surface area contributed by atoms with Gasteiger partial charge in [0.15, 0.2) is 0 Å². The Balaban J connectivity index is 0.000000734. The van der Waals surface area contributed by atoms with Gasteiger partial charge in [-0.2, -0.15) is 13.2 Å². The van der Waals surface area contributed by atoms with Crippen LogP contribution in [0.3, 0.4) is 0 Å². The van der Waals surface area contributed by atoms with Crippen LogP contribution in [0.2, 0.25) is 0 Å². The highest BCUT2D eigenvalue weighted by molar-refractivity contribution is 5.99. The molecule has 0 aromatic heterocycles. The van der Waals surface area contributed by atoms with Gasteiger partial charge in [-0.05, 0) is 80.4 Å². The molecule has 0 aliphatic heterocycles. The number of amides is 2. The van der Waals surface area contributed by atoms with Crippen molar-refractivity contribution in [2.45, 2.75) is 26.9 Å². The minimum atomic E-state index is -4.39. The molecule has 0 aliphatic carbocycles. The molecule has 0 radical (unpaired) electrons. The van der Waals surface area contributed by atoms with Crippen LogP contribution in [0.1, 0.15) is 23.6 Å². The fourth-order valence-electron chi connectivity index (χ4n) is 2.38. The fraction of sp³-hybridized carbons (Fsp3) is 0.160. The standard InChI is InChI=1S/C16H15F3N2O.C6H7NO.C2H4O.CH2O/c1-10-3-6-14(9-11(10)2)21-15(22)20-13-7-4-12(5-8-13)16(17,18)19;7-5-2-1-3-6(8)4-5;1-2-3;1-2/h3-9H,1-2H3,(H2,20,21,22);1-4,8H,7H2;2H,1H3;1H2. The Hall–Kier alpha value is -4.34. The summed E-state index contributed by atoms with van der Waals surface area (Å²) in [5, 5.41) is 13.8. The van der Waals surface area contributed by atoms with Crippen molar-refractivity contribution in [3.63, 3.8) is 0 Å². The third-order valence-electron chi connectivity index (χ3n) is 4.11. The molecule has 10 heteroatoms. The van der Waals surface area contributed by atoms with Gasteiger partial charge in [0, 0.05) is 23.1 Å². The van der Waals surface area contributed by atoms with Crippen LogP contribution in [0.25, 0.3) is 0 Å². The summed E-state index contributed by atoms with van der Waals surface area (Å²) in [7, 11) is 0. The lowest BCUT2D eigenvalue weighted by molar-refractivity contribution is -0.137. The molecule has 0 heterocycles. The Morgan fingerprint density at radius 2 is 1.43 bits per heavy atom. The van der Waals surface area contributed by atoms with Crippen LogP contribution in [0.4, 0.5) is 35.0 Å². The van der Waals surface area contributed by atoms with Crippen molar-refractivity contribution in [2.24, 2.45) is 0 Å². The lowest BCUT2D eigenvalue weighted by atomic mass is 10.1. The van der Waals surface area contributed by atoms with E-state index in [1.165, 1.54) is 25.1 Å². The summed E-state index contributed by atoms with van der Waals surface area (Å²) in [6, 6.07) is 15.7. The first-order valence-electron chi connectivity index (χ1n) is 10.0. The van der Waals surface area contributed by atoms with E-state index in [1.807, 2.05) is 32.8 Å². The smallest absolute Gasteiger partial charge is 0.416 e. The summed E-state index contributed by atoms with van der Waals surface area (Å²) in [5.41, 5.74) is 8.17. The van der Waals surface area contributed by atoms with Gasteiger partial charge in [0.25, 0.3) is 0 Å². The maximum absolute atomic E-state index is 12.4. The van der Waals surface area contributed by atoms with Crippen molar-refractivity contribution in [3.05, 3.63) is 83.4 Å². The molecule has 0 atom stereocenters. The van der Waals surface area contributed by atoms with Crippen LogP contribution in [-0.2, 0) is 15.8 Å². The van der Waals surface area contributed by atoms with E-state index in [1.54, 1.807) is 24.3 Å². The number of nitrogen functional groups attached to an aromatic ring is 1. The topological polar surface area (TPSA) is 122 Å². The van der Waals surface area contributed by atoms with Crippen molar-refractivity contribution < 1.29 is 32.7 Å². The first kappa shape index (κ1) is 30.7. The maximum atomic E-state index is 12.4. The molecule has 0 saturated heterocycles. The second kappa shape index (κ2) is 15.5. The van der Waals surface area contributed by atoms with Crippen LogP contribution in [-0.4, -0.2) is 24.2 Å². The Labute approximate surface area is 201 Å². The van der Waals surface area contributed by atoms with Gasteiger partial charge in [-0.15, -0.1) is 0 Å². The number of phenols is 1. The molecule has 0 unspecified atom stereocenters. The van der Waals surface area contributed by atoms with Crippen LogP contribution in [0, 0.1) is 13.8 Å². The lowest BCUT2D eigenvalue weighted by Crippen LogP contribution is -2.19. The minimum absolute atomic E-state index is 0.213. The van der Waals surface area contributed by atoms with E-state index >= 15 is 0 Å². The number of nitrogens with one attached hydrogen (secondary N) is 2. The van der Waals surface area contributed by atoms with Gasteiger partial charge >= 0.3 is 12.2 Å². The average molecular weight is 492 g/mol. The number of anilines is 3. The zero-order valence-corrected chi connectivity index (χ0v) is 19.5. The maximum Gasteiger partial charge on any atom is 0.416 e. The summed E-state index contributed by atoms with van der Waals surface area (Å²) in [4.78, 5) is 28.6. The lowest BCUT2D eigenvalue weighted by Gasteiger charge is -2.10. The average Bonchev–Trinajstić information content (AvgIpc) is 2.78. The number of rotatable bonds is 2. The van der Waals surface area contributed by atoms with E-state index in [0.29, 0.717) is 11.4 Å². The van der Waals surface area contributed by atoms with E-state index in [2.05, 4.69) is 10.6 Å². The highest BCUT2D eigenvalue weighted by Crippen LogP contribution is 2.29. The third-order valence-corrected chi connectivity index (χ3v) is 4.11. The predicted molar refractivity (Wildman–Crippen MR) is 131 cm³/mol. The quantitative estimate of drug-likeness (QED) is 0.260. The molecule has 3 aromatic carbocycles. The van der Waals surface area contributed by atoms with Crippen molar-refractivity contribution in [3.8, 4) is 5.75 Å². The summed E-state index contributed by atoms with van der Waals surface area (Å²) in [6.45, 7) is 7.33. The SMILES string of the molecule is C=O.CC=O.Cc1ccc(NC(=O)Nc2ccc(C(F)(F)F)cc2)cc1C.Nc1cccc(O)c1. The Bertz CT molecular complexity index is 1060. The molecule has 7 nitrogen and oxygen atoms in total. The summed E-state index contributed by atoms with van der Waals surface area (Å²) in [5.74, 6) is 0.213. The summed E-state index contributed by atoms with van der Waals surface area (Å²) < 4.78 is 37.3. The van der Waals surface area contributed by atoms with E-state index in [0.717, 1.165) is 29.5 Å². The van der Waals surface area contributed by atoms with Crippen molar-refractivity contribution >= 4 is 36.2 Å². The monoisotopic (exact) mass is 491 g/mol. The highest BCUT2D eigenvalue weighted by atomic mass is 19.4. The molecule has 2 amide bonds.